The number of carbonyl (C=O) groups is 5. The molecule has 0 aromatic heterocycles. The number of nitrogens with one attached hydrogen (secondary N) is 5. The summed E-state index contributed by atoms with van der Waals surface area (Å²) in [6.45, 7) is -0.194. The predicted octanol–water partition coefficient (Wildman–Crippen LogP) is -1.49. The minimum atomic E-state index is -1.19. The number of guanidine groups is 2. The molecular formula is C36H47N11O6. The van der Waals surface area contributed by atoms with Gasteiger partial charge in [-0.2, -0.15) is 0 Å². The highest BCUT2D eigenvalue weighted by Gasteiger charge is 2.32. The summed E-state index contributed by atoms with van der Waals surface area (Å²) < 4.78 is 0. The summed E-state index contributed by atoms with van der Waals surface area (Å²) in [5.41, 5.74) is 23.2. The van der Waals surface area contributed by atoms with E-state index in [0.29, 0.717) is 5.56 Å². The lowest BCUT2D eigenvalue weighted by Crippen LogP contribution is -2.58. The minimum Gasteiger partial charge on any atom is -0.508 e. The highest BCUT2D eigenvalue weighted by molar-refractivity contribution is 5.97. The Morgan fingerprint density at radius 1 is 0.604 bits per heavy atom. The SMILES string of the molecule is NC(N)=NCCC[C@@H]1NC(=O)[C@H](Cc2ccc(O)cc2)NC(=O)CNC(=O)[C@@H](Cc2ccc3ccccc3c2)NC(=O)[C@H](CCCN=C(N)N)NC1=O. The molecule has 17 nitrogen and oxygen atoms in total. The lowest BCUT2D eigenvalue weighted by Gasteiger charge is -2.26. The van der Waals surface area contributed by atoms with E-state index in [1.165, 1.54) is 12.1 Å². The smallest absolute Gasteiger partial charge is 0.243 e. The number of hydrogen-bond acceptors (Lipinski definition) is 8. The molecule has 1 aliphatic heterocycles. The first-order chi connectivity index (χ1) is 25.4. The Morgan fingerprint density at radius 2 is 1.09 bits per heavy atom. The van der Waals surface area contributed by atoms with Crippen LogP contribution in [-0.4, -0.2) is 90.4 Å². The molecule has 0 spiro atoms. The van der Waals surface area contributed by atoms with Crippen LogP contribution in [0.2, 0.25) is 0 Å². The van der Waals surface area contributed by atoms with Crippen molar-refractivity contribution >= 4 is 52.2 Å². The molecular weight excluding hydrogens is 682 g/mol. The van der Waals surface area contributed by atoms with E-state index in [9.17, 15) is 29.1 Å². The van der Waals surface area contributed by atoms with Crippen molar-refractivity contribution in [3.05, 3.63) is 77.9 Å². The summed E-state index contributed by atoms with van der Waals surface area (Å²) in [5.74, 6) is -3.66. The van der Waals surface area contributed by atoms with Crippen LogP contribution < -0.4 is 49.5 Å². The van der Waals surface area contributed by atoms with Crippen molar-refractivity contribution in [2.75, 3.05) is 19.6 Å². The van der Waals surface area contributed by atoms with Crippen molar-refractivity contribution in [2.45, 2.75) is 62.7 Å². The average molecular weight is 730 g/mol. The Morgan fingerprint density at radius 3 is 1.68 bits per heavy atom. The maximum Gasteiger partial charge on any atom is 0.243 e. The number of benzene rings is 3. The summed E-state index contributed by atoms with van der Waals surface area (Å²) in [6.07, 6.45) is 0.769. The fourth-order valence-electron chi connectivity index (χ4n) is 5.79. The zero-order valence-electron chi connectivity index (χ0n) is 29.2. The zero-order valence-corrected chi connectivity index (χ0v) is 29.2. The number of nitrogens with zero attached hydrogens (tertiary/aromatic N) is 2. The largest absolute Gasteiger partial charge is 0.508 e. The number of phenols is 1. The number of nitrogens with two attached hydrogens (primary N) is 4. The van der Waals surface area contributed by atoms with Gasteiger partial charge in [0, 0.05) is 25.9 Å². The molecule has 0 aliphatic carbocycles. The number of phenolic OH excluding ortho intramolecular Hbond substituents is 1. The molecule has 1 fully saturated rings. The molecule has 53 heavy (non-hydrogen) atoms. The molecule has 5 amide bonds. The van der Waals surface area contributed by atoms with Gasteiger partial charge in [-0.3, -0.25) is 34.0 Å². The fraction of sp³-hybridized carbons (Fsp3) is 0.361. The van der Waals surface area contributed by atoms with Crippen LogP contribution >= 0.6 is 0 Å². The molecule has 0 radical (unpaired) electrons. The predicted molar refractivity (Wildman–Crippen MR) is 200 cm³/mol. The first-order valence-corrected chi connectivity index (χ1v) is 17.2. The maximum absolute atomic E-state index is 13.9. The number of fused-ring (bicyclic) bond motifs is 1. The van der Waals surface area contributed by atoms with Gasteiger partial charge < -0.3 is 54.6 Å². The van der Waals surface area contributed by atoms with Crippen LogP contribution in [0.1, 0.15) is 36.8 Å². The number of aliphatic imine (C=N–C) groups is 2. The third-order valence-corrected chi connectivity index (χ3v) is 8.49. The van der Waals surface area contributed by atoms with E-state index in [0.717, 1.165) is 16.3 Å². The number of hydrogen-bond donors (Lipinski definition) is 10. The number of rotatable bonds is 12. The van der Waals surface area contributed by atoms with Gasteiger partial charge >= 0.3 is 0 Å². The van der Waals surface area contributed by atoms with Crippen LogP contribution in [0.5, 0.6) is 5.75 Å². The zero-order chi connectivity index (χ0) is 38.3. The van der Waals surface area contributed by atoms with Crippen molar-refractivity contribution in [3.8, 4) is 5.75 Å². The molecule has 4 rings (SSSR count). The van der Waals surface area contributed by atoms with Gasteiger partial charge in [0.2, 0.25) is 29.5 Å². The molecule has 1 heterocycles. The normalized spacial score (nSPS) is 20.0. The lowest BCUT2D eigenvalue weighted by atomic mass is 10.0. The van der Waals surface area contributed by atoms with E-state index in [-0.39, 0.29) is 69.3 Å². The van der Waals surface area contributed by atoms with Gasteiger partial charge in [-0.15, -0.1) is 0 Å². The molecule has 1 saturated heterocycles. The van der Waals surface area contributed by atoms with Crippen LogP contribution in [0.25, 0.3) is 10.8 Å². The number of carbonyl (C=O) groups excluding carboxylic acids is 5. The quantitative estimate of drug-likeness (QED) is 0.0585. The van der Waals surface area contributed by atoms with Crippen molar-refractivity contribution in [2.24, 2.45) is 32.9 Å². The van der Waals surface area contributed by atoms with Crippen LogP contribution in [-0.2, 0) is 36.8 Å². The maximum atomic E-state index is 13.9. The second-order valence-electron chi connectivity index (χ2n) is 12.7. The molecule has 3 aromatic rings. The topological polar surface area (TPSA) is 295 Å². The second-order valence-corrected chi connectivity index (χ2v) is 12.7. The van der Waals surface area contributed by atoms with Crippen LogP contribution in [0.4, 0.5) is 0 Å². The molecule has 0 saturated carbocycles. The molecule has 4 atom stereocenters. The van der Waals surface area contributed by atoms with Gasteiger partial charge in [0.25, 0.3) is 0 Å². The van der Waals surface area contributed by atoms with Crippen molar-refractivity contribution in [1.82, 2.24) is 26.6 Å². The van der Waals surface area contributed by atoms with E-state index < -0.39 is 60.2 Å². The lowest BCUT2D eigenvalue weighted by molar-refractivity contribution is -0.134. The highest BCUT2D eigenvalue weighted by Crippen LogP contribution is 2.17. The van der Waals surface area contributed by atoms with E-state index in [4.69, 9.17) is 22.9 Å². The fourth-order valence-corrected chi connectivity index (χ4v) is 5.79. The number of amides is 5. The van der Waals surface area contributed by atoms with Gasteiger partial charge in [-0.1, -0.05) is 54.6 Å². The van der Waals surface area contributed by atoms with Gasteiger partial charge in [-0.25, -0.2) is 0 Å². The Bertz CT molecular complexity index is 1820. The van der Waals surface area contributed by atoms with Crippen LogP contribution in [0, 0.1) is 0 Å². The average Bonchev–Trinajstić information content (AvgIpc) is 3.12. The van der Waals surface area contributed by atoms with Gasteiger partial charge in [0.05, 0.1) is 6.54 Å². The molecule has 282 valence electrons. The monoisotopic (exact) mass is 729 g/mol. The van der Waals surface area contributed by atoms with Gasteiger partial charge in [0.1, 0.15) is 29.9 Å². The summed E-state index contributed by atoms with van der Waals surface area (Å²) in [7, 11) is 0. The van der Waals surface area contributed by atoms with Crippen LogP contribution in [0.3, 0.4) is 0 Å². The van der Waals surface area contributed by atoms with Crippen LogP contribution in [0.15, 0.2) is 76.7 Å². The van der Waals surface area contributed by atoms with Crippen molar-refractivity contribution in [3.63, 3.8) is 0 Å². The summed E-state index contributed by atoms with van der Waals surface area (Å²) >= 11 is 0. The Labute approximate surface area is 306 Å². The Hall–Kier alpha value is -6.39. The van der Waals surface area contributed by atoms with Crippen molar-refractivity contribution in [1.29, 1.82) is 0 Å². The minimum absolute atomic E-state index is 0.00775. The van der Waals surface area contributed by atoms with E-state index in [1.54, 1.807) is 12.1 Å². The summed E-state index contributed by atoms with van der Waals surface area (Å²) in [4.78, 5) is 76.4. The molecule has 0 unspecified atom stereocenters. The molecule has 1 aliphatic rings. The second kappa shape index (κ2) is 19.3. The molecule has 17 heteroatoms. The molecule has 3 aromatic carbocycles. The third kappa shape index (κ3) is 12.7. The first-order valence-electron chi connectivity index (χ1n) is 17.2. The van der Waals surface area contributed by atoms with E-state index in [2.05, 4.69) is 36.6 Å². The van der Waals surface area contributed by atoms with E-state index in [1.807, 2.05) is 42.5 Å². The first kappa shape index (κ1) is 39.4. The Balaban J connectivity index is 1.68. The third-order valence-electron chi connectivity index (χ3n) is 8.49. The standard InChI is InChI=1S/C36H47N11O6/c37-35(38)41-15-3-7-26-32(51)45-27(8-4-16-42-36(39)40)33(52)47-28(19-22-9-12-23-5-1-2-6-24(23)17-22)31(50)43-20-30(49)44-29(34(53)46-26)18-21-10-13-25(48)14-11-21/h1-2,5-6,9-14,17,26-29,48H,3-4,7-8,15-16,18-20H2,(H,43,50)(H,44,49)(H,45,51)(H,46,53)(H,47,52)(H4,37,38,41)(H4,39,40,42)/t26-,27-,28+,29-/m0/s1. The Kier molecular flexibility index (Phi) is 14.3. The van der Waals surface area contributed by atoms with Gasteiger partial charge in [-0.05, 0) is 59.7 Å². The van der Waals surface area contributed by atoms with E-state index >= 15 is 0 Å². The summed E-state index contributed by atoms with van der Waals surface area (Å²) in [5, 5.41) is 25.1. The highest BCUT2D eigenvalue weighted by atomic mass is 16.3. The molecule has 14 N–H and O–H groups in total. The number of aromatic hydroxyl groups is 1. The van der Waals surface area contributed by atoms with Crippen molar-refractivity contribution < 1.29 is 29.1 Å². The summed E-state index contributed by atoms with van der Waals surface area (Å²) in [6, 6.07) is 14.7. The van der Waals surface area contributed by atoms with Gasteiger partial charge in [0.15, 0.2) is 11.9 Å². The molecule has 0 bridgehead atoms.